The molecular formula is C30H27ClFNO3. The summed E-state index contributed by atoms with van der Waals surface area (Å²) >= 11 is 6.18. The maximum Gasteiger partial charge on any atom is 0.252 e. The van der Waals surface area contributed by atoms with Crippen molar-refractivity contribution in [2.24, 2.45) is 0 Å². The molecule has 4 aromatic rings. The molecule has 0 radical (unpaired) electrons. The average molecular weight is 504 g/mol. The van der Waals surface area contributed by atoms with Gasteiger partial charge in [-0.05, 0) is 53.3 Å². The molecule has 0 saturated carbocycles. The van der Waals surface area contributed by atoms with E-state index in [0.717, 1.165) is 16.9 Å². The Balaban J connectivity index is 1.49. The summed E-state index contributed by atoms with van der Waals surface area (Å²) in [6.45, 7) is 4.86. The van der Waals surface area contributed by atoms with Gasteiger partial charge in [0.25, 0.3) is 5.91 Å². The van der Waals surface area contributed by atoms with Crippen LogP contribution in [-0.4, -0.2) is 23.7 Å². The molecule has 0 spiro atoms. The van der Waals surface area contributed by atoms with Crippen LogP contribution in [0, 0.1) is 5.82 Å². The molecule has 4 nitrogen and oxygen atoms in total. The molecule has 0 aliphatic carbocycles. The fourth-order valence-electron chi connectivity index (χ4n) is 4.82. The van der Waals surface area contributed by atoms with E-state index in [1.807, 2.05) is 12.1 Å². The van der Waals surface area contributed by atoms with Crippen LogP contribution in [0.5, 0.6) is 5.75 Å². The molecule has 0 fully saturated rings. The van der Waals surface area contributed by atoms with Crippen molar-refractivity contribution in [3.8, 4) is 5.75 Å². The number of halogens is 2. The second-order valence-electron chi connectivity index (χ2n) is 9.93. The first-order valence-corrected chi connectivity index (χ1v) is 12.3. The highest BCUT2D eigenvalue weighted by Crippen LogP contribution is 2.39. The van der Waals surface area contributed by atoms with Crippen LogP contribution in [-0.2, 0) is 11.8 Å². The number of aliphatic hydroxyl groups is 1. The lowest BCUT2D eigenvalue weighted by Crippen LogP contribution is -2.41. The summed E-state index contributed by atoms with van der Waals surface area (Å²) in [5.41, 5.74) is 2.89. The summed E-state index contributed by atoms with van der Waals surface area (Å²) < 4.78 is 20.2. The van der Waals surface area contributed by atoms with Gasteiger partial charge in [-0.2, -0.15) is 0 Å². The minimum absolute atomic E-state index is 0.122. The van der Waals surface area contributed by atoms with Gasteiger partial charge in [0.1, 0.15) is 11.6 Å². The Kier molecular flexibility index (Phi) is 6.45. The molecule has 36 heavy (non-hydrogen) atoms. The number of fused-ring (bicyclic) bond motifs is 2. The summed E-state index contributed by atoms with van der Waals surface area (Å²) in [6.07, 6.45) is -0.640. The number of ether oxygens (including phenoxy) is 1. The molecule has 1 aliphatic rings. The molecule has 2 atom stereocenters. The van der Waals surface area contributed by atoms with Crippen molar-refractivity contribution >= 4 is 28.3 Å². The molecule has 1 amide bonds. The maximum atomic E-state index is 14.3. The van der Waals surface area contributed by atoms with Gasteiger partial charge in [-0.15, -0.1) is 0 Å². The quantitative estimate of drug-likeness (QED) is 0.321. The lowest BCUT2D eigenvalue weighted by Gasteiger charge is -2.26. The molecule has 0 saturated heterocycles. The van der Waals surface area contributed by atoms with Crippen LogP contribution in [0.4, 0.5) is 4.39 Å². The monoisotopic (exact) mass is 503 g/mol. The molecule has 1 heterocycles. The van der Waals surface area contributed by atoms with Crippen LogP contribution >= 0.6 is 11.6 Å². The molecule has 2 N–H and O–H groups in total. The second kappa shape index (κ2) is 9.57. The van der Waals surface area contributed by atoms with Crippen molar-refractivity contribution < 1.29 is 19.0 Å². The SMILES string of the molecule is CC1(C)COc2ccc(CC(NC(=O)c3ccc(F)c4ccccc34)C(O)c3cccc(Cl)c3)cc21. The summed E-state index contributed by atoms with van der Waals surface area (Å²) in [5.74, 6) is 0.0836. The van der Waals surface area contributed by atoms with Gasteiger partial charge in [0.2, 0.25) is 0 Å². The Labute approximate surface area is 214 Å². The predicted molar refractivity (Wildman–Crippen MR) is 140 cm³/mol. The molecule has 184 valence electrons. The van der Waals surface area contributed by atoms with Crippen molar-refractivity contribution in [2.75, 3.05) is 6.61 Å². The molecule has 2 unspecified atom stereocenters. The smallest absolute Gasteiger partial charge is 0.252 e. The fraction of sp³-hybridized carbons (Fsp3) is 0.233. The zero-order valence-corrected chi connectivity index (χ0v) is 20.9. The first-order chi connectivity index (χ1) is 17.2. The number of amides is 1. The van der Waals surface area contributed by atoms with E-state index in [2.05, 4.69) is 25.2 Å². The Morgan fingerprint density at radius 3 is 2.61 bits per heavy atom. The lowest BCUT2D eigenvalue weighted by molar-refractivity contribution is 0.0833. The van der Waals surface area contributed by atoms with Gasteiger partial charge >= 0.3 is 0 Å². The number of carbonyl (C=O) groups excluding carboxylic acids is 1. The Morgan fingerprint density at radius 1 is 1.06 bits per heavy atom. The molecule has 0 bridgehead atoms. The summed E-state index contributed by atoms with van der Waals surface area (Å²) in [5, 5.41) is 15.8. The van der Waals surface area contributed by atoms with Gasteiger partial charge < -0.3 is 15.2 Å². The number of hydrogen-bond acceptors (Lipinski definition) is 3. The van der Waals surface area contributed by atoms with Crippen LogP contribution in [0.1, 0.15) is 47.0 Å². The zero-order chi connectivity index (χ0) is 25.4. The molecular weight excluding hydrogens is 477 g/mol. The largest absolute Gasteiger partial charge is 0.492 e. The van der Waals surface area contributed by atoms with Crippen LogP contribution in [0.15, 0.2) is 78.9 Å². The Hall–Kier alpha value is -3.41. The van der Waals surface area contributed by atoms with Crippen molar-refractivity contribution in [2.45, 2.75) is 37.8 Å². The molecule has 1 aliphatic heterocycles. The van der Waals surface area contributed by atoms with Crippen LogP contribution in [0.2, 0.25) is 5.02 Å². The van der Waals surface area contributed by atoms with Crippen LogP contribution in [0.3, 0.4) is 0 Å². The number of carbonyl (C=O) groups is 1. The van der Waals surface area contributed by atoms with E-state index in [1.54, 1.807) is 48.5 Å². The van der Waals surface area contributed by atoms with Crippen LogP contribution in [0.25, 0.3) is 10.8 Å². The standard InChI is InChI=1S/C30H27ClFNO3/c1-30(2)17-36-27-13-10-18(14-24(27)30)15-26(28(34)19-6-5-7-20(31)16-19)33-29(35)23-11-12-25(32)22-9-4-3-8-21(22)23/h3-14,16,26,28,34H,15,17H2,1-2H3,(H,33,35). The summed E-state index contributed by atoms with van der Waals surface area (Å²) in [7, 11) is 0. The molecule has 0 aromatic heterocycles. The normalized spacial score (nSPS) is 15.7. The highest BCUT2D eigenvalue weighted by Gasteiger charge is 2.32. The topological polar surface area (TPSA) is 58.6 Å². The Morgan fingerprint density at radius 2 is 1.83 bits per heavy atom. The highest BCUT2D eigenvalue weighted by atomic mass is 35.5. The van der Waals surface area contributed by atoms with E-state index in [-0.39, 0.29) is 17.1 Å². The van der Waals surface area contributed by atoms with Gasteiger partial charge in [-0.25, -0.2) is 4.39 Å². The molecule has 5 rings (SSSR count). The van der Waals surface area contributed by atoms with Crippen molar-refractivity contribution in [3.05, 3.63) is 112 Å². The van der Waals surface area contributed by atoms with E-state index in [1.165, 1.54) is 12.1 Å². The molecule has 6 heteroatoms. The summed E-state index contributed by atoms with van der Waals surface area (Å²) in [4.78, 5) is 13.5. The maximum absolute atomic E-state index is 14.3. The lowest BCUT2D eigenvalue weighted by atomic mass is 9.85. The number of hydrogen-bond donors (Lipinski definition) is 2. The third-order valence-electron chi connectivity index (χ3n) is 6.82. The van der Waals surface area contributed by atoms with Gasteiger partial charge in [-0.3, -0.25) is 4.79 Å². The average Bonchev–Trinajstić information content (AvgIpc) is 3.17. The fourth-order valence-corrected chi connectivity index (χ4v) is 5.02. The predicted octanol–water partition coefficient (Wildman–Crippen LogP) is 6.38. The molecule has 4 aromatic carbocycles. The van der Waals surface area contributed by atoms with Gasteiger partial charge in [0, 0.05) is 27.0 Å². The number of aliphatic hydroxyl groups excluding tert-OH is 1. The summed E-state index contributed by atoms with van der Waals surface area (Å²) in [6, 6.07) is 21.9. The van der Waals surface area contributed by atoms with E-state index in [4.69, 9.17) is 16.3 Å². The number of benzene rings is 4. The Bertz CT molecular complexity index is 1450. The van der Waals surface area contributed by atoms with Gasteiger partial charge in [-0.1, -0.05) is 74.0 Å². The zero-order valence-electron chi connectivity index (χ0n) is 20.1. The van der Waals surface area contributed by atoms with Gasteiger partial charge in [0.05, 0.1) is 18.8 Å². The first kappa shape index (κ1) is 24.3. The van der Waals surface area contributed by atoms with Crippen molar-refractivity contribution in [1.82, 2.24) is 5.32 Å². The third-order valence-corrected chi connectivity index (χ3v) is 7.06. The third kappa shape index (κ3) is 4.69. The van der Waals surface area contributed by atoms with E-state index in [0.29, 0.717) is 39.9 Å². The van der Waals surface area contributed by atoms with E-state index >= 15 is 0 Å². The van der Waals surface area contributed by atoms with E-state index in [9.17, 15) is 14.3 Å². The van der Waals surface area contributed by atoms with Crippen molar-refractivity contribution in [3.63, 3.8) is 0 Å². The highest BCUT2D eigenvalue weighted by molar-refractivity contribution is 6.30. The minimum Gasteiger partial charge on any atom is -0.492 e. The number of nitrogens with one attached hydrogen (secondary N) is 1. The van der Waals surface area contributed by atoms with Crippen LogP contribution < -0.4 is 10.1 Å². The second-order valence-corrected chi connectivity index (χ2v) is 10.4. The first-order valence-electron chi connectivity index (χ1n) is 11.9. The van der Waals surface area contributed by atoms with E-state index < -0.39 is 12.1 Å². The number of rotatable bonds is 6. The van der Waals surface area contributed by atoms with Gasteiger partial charge in [0.15, 0.2) is 0 Å². The van der Waals surface area contributed by atoms with Crippen molar-refractivity contribution in [1.29, 1.82) is 0 Å². The minimum atomic E-state index is -1.02.